The van der Waals surface area contributed by atoms with Crippen LogP contribution in [0, 0.1) is 5.92 Å². The van der Waals surface area contributed by atoms with Gasteiger partial charge in [0.25, 0.3) is 5.91 Å². The van der Waals surface area contributed by atoms with E-state index in [9.17, 15) is 4.79 Å². The Bertz CT molecular complexity index is 542. The van der Waals surface area contributed by atoms with Gasteiger partial charge in [0.1, 0.15) is 5.69 Å². The van der Waals surface area contributed by atoms with Gasteiger partial charge < -0.3 is 5.73 Å². The highest BCUT2D eigenvalue weighted by atomic mass is 16.1. The summed E-state index contributed by atoms with van der Waals surface area (Å²) in [4.78, 5) is 11.2. The monoisotopic (exact) mass is 244 g/mol. The summed E-state index contributed by atoms with van der Waals surface area (Å²) in [6.45, 7) is 4.35. The molecule has 0 aliphatic heterocycles. The second kappa shape index (κ2) is 5.00. The first kappa shape index (κ1) is 12.3. The topological polar surface area (TPSA) is 84.7 Å². The van der Waals surface area contributed by atoms with E-state index in [0.717, 1.165) is 12.0 Å². The van der Waals surface area contributed by atoms with E-state index < -0.39 is 5.91 Å². The lowest BCUT2D eigenvalue weighted by Gasteiger charge is -2.05. The van der Waals surface area contributed by atoms with Crippen LogP contribution in [-0.2, 0) is 6.42 Å². The Hall–Kier alpha value is -2.17. The van der Waals surface area contributed by atoms with Crippen molar-refractivity contribution in [3.8, 4) is 11.3 Å². The van der Waals surface area contributed by atoms with Crippen molar-refractivity contribution >= 4 is 5.91 Å². The maximum Gasteiger partial charge on any atom is 0.271 e. The van der Waals surface area contributed by atoms with E-state index in [1.165, 1.54) is 5.56 Å². The highest BCUT2D eigenvalue weighted by Gasteiger charge is 2.14. The van der Waals surface area contributed by atoms with E-state index in [1.54, 1.807) is 0 Å². The largest absolute Gasteiger partial charge is 0.364 e. The number of aromatic amines is 1. The fourth-order valence-corrected chi connectivity index (χ4v) is 1.87. The molecule has 0 aliphatic carbocycles. The third-order valence-corrected chi connectivity index (χ3v) is 2.65. The van der Waals surface area contributed by atoms with Gasteiger partial charge in [-0.2, -0.15) is 15.4 Å². The van der Waals surface area contributed by atoms with Crippen LogP contribution in [0.3, 0.4) is 0 Å². The number of benzene rings is 1. The van der Waals surface area contributed by atoms with Gasteiger partial charge in [-0.15, -0.1) is 0 Å². The zero-order valence-electron chi connectivity index (χ0n) is 10.5. The van der Waals surface area contributed by atoms with Gasteiger partial charge in [-0.3, -0.25) is 4.79 Å². The lowest BCUT2D eigenvalue weighted by atomic mass is 10.0. The number of carbonyl (C=O) groups is 1. The summed E-state index contributed by atoms with van der Waals surface area (Å²) in [5.74, 6) is 0.0362. The molecule has 3 N–H and O–H groups in total. The fourth-order valence-electron chi connectivity index (χ4n) is 1.87. The van der Waals surface area contributed by atoms with Crippen molar-refractivity contribution in [2.75, 3.05) is 0 Å². The van der Waals surface area contributed by atoms with Crippen LogP contribution in [0.5, 0.6) is 0 Å². The quantitative estimate of drug-likeness (QED) is 0.859. The van der Waals surface area contributed by atoms with Crippen LogP contribution in [0.4, 0.5) is 0 Å². The molecule has 94 valence electrons. The number of hydrogen-bond donors (Lipinski definition) is 2. The van der Waals surface area contributed by atoms with Crippen molar-refractivity contribution in [2.24, 2.45) is 11.7 Å². The van der Waals surface area contributed by atoms with Crippen LogP contribution in [0.2, 0.25) is 0 Å². The Labute approximate surface area is 105 Å². The van der Waals surface area contributed by atoms with E-state index >= 15 is 0 Å². The number of primary amides is 1. The molecule has 1 heterocycles. The maximum atomic E-state index is 11.2. The van der Waals surface area contributed by atoms with E-state index in [1.807, 2.05) is 24.3 Å². The molecule has 0 bridgehead atoms. The number of amides is 1. The van der Waals surface area contributed by atoms with Crippen LogP contribution >= 0.6 is 0 Å². The van der Waals surface area contributed by atoms with Crippen molar-refractivity contribution in [1.29, 1.82) is 0 Å². The number of rotatable bonds is 4. The normalized spacial score (nSPS) is 10.8. The molecule has 2 rings (SSSR count). The van der Waals surface area contributed by atoms with Gasteiger partial charge >= 0.3 is 0 Å². The fraction of sp³-hybridized carbons (Fsp3) is 0.308. The van der Waals surface area contributed by atoms with Gasteiger partial charge in [0.15, 0.2) is 5.69 Å². The predicted molar refractivity (Wildman–Crippen MR) is 68.9 cm³/mol. The zero-order chi connectivity index (χ0) is 13.1. The molecule has 5 heteroatoms. The van der Waals surface area contributed by atoms with E-state index in [2.05, 4.69) is 29.3 Å². The highest BCUT2D eigenvalue weighted by Crippen LogP contribution is 2.20. The summed E-state index contributed by atoms with van der Waals surface area (Å²) >= 11 is 0. The Kier molecular flexibility index (Phi) is 3.41. The lowest BCUT2D eigenvalue weighted by molar-refractivity contribution is 0.0996. The number of hydrogen-bond acceptors (Lipinski definition) is 3. The smallest absolute Gasteiger partial charge is 0.271 e. The van der Waals surface area contributed by atoms with Crippen LogP contribution in [0.25, 0.3) is 11.3 Å². The molecule has 0 fully saturated rings. The van der Waals surface area contributed by atoms with E-state index in [4.69, 9.17) is 5.73 Å². The molecule has 0 aliphatic rings. The number of aromatic nitrogens is 3. The number of H-pyrrole nitrogens is 1. The molecular formula is C13H16N4O. The Morgan fingerprint density at radius 1 is 1.28 bits per heavy atom. The molecule has 0 saturated heterocycles. The van der Waals surface area contributed by atoms with Crippen LogP contribution < -0.4 is 5.73 Å². The maximum absolute atomic E-state index is 11.2. The van der Waals surface area contributed by atoms with Crippen molar-refractivity contribution in [2.45, 2.75) is 20.3 Å². The molecule has 0 unspecified atom stereocenters. The minimum Gasteiger partial charge on any atom is -0.364 e. The lowest BCUT2D eigenvalue weighted by Crippen LogP contribution is -2.12. The number of carbonyl (C=O) groups excluding carboxylic acids is 1. The summed E-state index contributed by atoms with van der Waals surface area (Å²) in [5.41, 5.74) is 8.00. The van der Waals surface area contributed by atoms with Gasteiger partial charge in [-0.25, -0.2) is 0 Å². The summed E-state index contributed by atoms with van der Waals surface area (Å²) in [6.07, 6.45) is 1.03. The summed E-state index contributed by atoms with van der Waals surface area (Å²) < 4.78 is 0. The molecule has 1 aromatic heterocycles. The number of nitrogens with two attached hydrogens (primary N) is 1. The van der Waals surface area contributed by atoms with Crippen molar-refractivity contribution in [3.05, 3.63) is 35.5 Å². The zero-order valence-corrected chi connectivity index (χ0v) is 10.5. The van der Waals surface area contributed by atoms with Crippen LogP contribution in [0.1, 0.15) is 29.9 Å². The average molecular weight is 244 g/mol. The first-order valence-electron chi connectivity index (χ1n) is 5.88. The molecule has 0 radical (unpaired) electrons. The Morgan fingerprint density at radius 3 is 2.50 bits per heavy atom. The minimum atomic E-state index is -0.579. The van der Waals surface area contributed by atoms with Crippen LogP contribution in [0.15, 0.2) is 24.3 Å². The summed E-state index contributed by atoms with van der Waals surface area (Å²) in [6, 6.07) is 7.94. The minimum absolute atomic E-state index is 0.173. The van der Waals surface area contributed by atoms with Gasteiger partial charge in [0.05, 0.1) is 0 Å². The van der Waals surface area contributed by atoms with Crippen molar-refractivity contribution in [3.63, 3.8) is 0 Å². The predicted octanol–water partition coefficient (Wildman–Crippen LogP) is 1.77. The molecule has 0 spiro atoms. The van der Waals surface area contributed by atoms with E-state index in [-0.39, 0.29) is 5.69 Å². The molecular weight excluding hydrogens is 228 g/mol. The first-order valence-corrected chi connectivity index (χ1v) is 5.88. The molecule has 2 aromatic rings. The molecule has 1 aromatic carbocycles. The molecule has 1 amide bonds. The summed E-state index contributed by atoms with van der Waals surface area (Å²) in [5, 5.41) is 10.1. The third-order valence-electron chi connectivity index (χ3n) is 2.65. The molecule has 0 saturated carbocycles. The Morgan fingerprint density at radius 2 is 1.94 bits per heavy atom. The number of nitrogens with zero attached hydrogens (tertiary/aromatic N) is 2. The molecule has 18 heavy (non-hydrogen) atoms. The molecule has 0 atom stereocenters. The third kappa shape index (κ3) is 2.56. The second-order valence-electron chi connectivity index (χ2n) is 4.68. The summed E-state index contributed by atoms with van der Waals surface area (Å²) in [7, 11) is 0. The number of nitrogens with one attached hydrogen (secondary N) is 1. The first-order chi connectivity index (χ1) is 8.58. The van der Waals surface area contributed by atoms with Gasteiger partial charge in [0, 0.05) is 5.56 Å². The van der Waals surface area contributed by atoms with Gasteiger partial charge in [-0.05, 0) is 17.9 Å². The average Bonchev–Trinajstić information content (AvgIpc) is 2.78. The van der Waals surface area contributed by atoms with Gasteiger partial charge in [0.2, 0.25) is 0 Å². The Balaban J connectivity index is 2.29. The van der Waals surface area contributed by atoms with E-state index in [0.29, 0.717) is 11.6 Å². The van der Waals surface area contributed by atoms with Crippen LogP contribution in [-0.4, -0.2) is 21.3 Å². The van der Waals surface area contributed by atoms with Crippen molar-refractivity contribution < 1.29 is 4.79 Å². The van der Waals surface area contributed by atoms with Gasteiger partial charge in [-0.1, -0.05) is 38.1 Å². The standard InChI is InChI=1S/C13H16N4O/c1-8(2)7-9-3-5-10(6-4-9)11-12(13(14)18)16-17-15-11/h3-6,8H,7H2,1-2H3,(H2,14,18)(H,15,16,17). The SMILES string of the molecule is CC(C)Cc1ccc(-c2n[nH]nc2C(N)=O)cc1. The van der Waals surface area contributed by atoms with Crippen molar-refractivity contribution in [1.82, 2.24) is 15.4 Å². The second-order valence-corrected chi connectivity index (χ2v) is 4.68. The molecule has 5 nitrogen and oxygen atoms in total. The highest BCUT2D eigenvalue weighted by molar-refractivity contribution is 5.96.